The van der Waals surface area contributed by atoms with Gasteiger partial charge in [0.15, 0.2) is 0 Å². The minimum atomic E-state index is -3.76. The van der Waals surface area contributed by atoms with Crippen molar-refractivity contribution in [1.29, 1.82) is 0 Å². The maximum atomic E-state index is 13.0. The molecule has 6 heteroatoms. The third kappa shape index (κ3) is 3.15. The molecular formula is C14H14FNO3S. The van der Waals surface area contributed by atoms with E-state index in [-0.39, 0.29) is 11.5 Å². The summed E-state index contributed by atoms with van der Waals surface area (Å²) < 4.78 is 39.8. The van der Waals surface area contributed by atoms with Crippen LogP contribution in [-0.4, -0.2) is 13.5 Å². The molecule has 2 N–H and O–H groups in total. The Bertz CT molecular complexity index is 729. The molecule has 0 radical (unpaired) electrons. The Kier molecular flexibility index (Phi) is 4.06. The maximum absolute atomic E-state index is 13.0. The summed E-state index contributed by atoms with van der Waals surface area (Å²) in [5.74, 6) is -0.423. The van der Waals surface area contributed by atoms with Crippen molar-refractivity contribution in [3.8, 4) is 0 Å². The lowest BCUT2D eigenvalue weighted by atomic mass is 10.2. The van der Waals surface area contributed by atoms with Crippen LogP contribution in [-0.2, 0) is 16.6 Å². The SMILES string of the molecule is Cc1cc(F)ccc1NS(=O)(=O)c1cccc(CO)c1. The highest BCUT2D eigenvalue weighted by atomic mass is 32.2. The molecule has 0 bridgehead atoms. The minimum Gasteiger partial charge on any atom is -0.392 e. The molecule has 2 aromatic carbocycles. The van der Waals surface area contributed by atoms with Gasteiger partial charge in [0.25, 0.3) is 10.0 Å². The van der Waals surface area contributed by atoms with E-state index in [2.05, 4.69) is 4.72 Å². The van der Waals surface area contributed by atoms with Gasteiger partial charge in [-0.2, -0.15) is 0 Å². The van der Waals surface area contributed by atoms with E-state index in [1.165, 1.54) is 30.3 Å². The number of hydrogen-bond donors (Lipinski definition) is 2. The first-order valence-corrected chi connectivity index (χ1v) is 7.39. The van der Waals surface area contributed by atoms with E-state index >= 15 is 0 Å². The quantitative estimate of drug-likeness (QED) is 0.910. The van der Waals surface area contributed by atoms with Crippen molar-refractivity contribution in [2.75, 3.05) is 4.72 Å². The van der Waals surface area contributed by atoms with Gasteiger partial charge in [-0.25, -0.2) is 12.8 Å². The van der Waals surface area contributed by atoms with Crippen LogP contribution in [0, 0.1) is 12.7 Å². The second kappa shape index (κ2) is 5.60. The zero-order valence-corrected chi connectivity index (χ0v) is 11.6. The Labute approximate surface area is 116 Å². The van der Waals surface area contributed by atoms with Crippen molar-refractivity contribution in [2.45, 2.75) is 18.4 Å². The van der Waals surface area contributed by atoms with Crippen molar-refractivity contribution in [1.82, 2.24) is 0 Å². The molecule has 0 aliphatic carbocycles. The van der Waals surface area contributed by atoms with Crippen LogP contribution < -0.4 is 4.72 Å². The first-order valence-electron chi connectivity index (χ1n) is 5.91. The van der Waals surface area contributed by atoms with Crippen molar-refractivity contribution >= 4 is 15.7 Å². The molecule has 0 saturated carbocycles. The number of hydrogen-bond acceptors (Lipinski definition) is 3. The fourth-order valence-electron chi connectivity index (χ4n) is 1.76. The molecule has 0 spiro atoms. The van der Waals surface area contributed by atoms with E-state index in [1.807, 2.05) is 0 Å². The molecule has 0 unspecified atom stereocenters. The fourth-order valence-corrected chi connectivity index (χ4v) is 2.96. The number of aliphatic hydroxyl groups excluding tert-OH is 1. The van der Waals surface area contributed by atoms with Crippen molar-refractivity contribution in [2.24, 2.45) is 0 Å². The second-order valence-electron chi connectivity index (χ2n) is 4.37. The third-order valence-corrected chi connectivity index (χ3v) is 4.19. The average Bonchev–Trinajstić information content (AvgIpc) is 2.42. The second-order valence-corrected chi connectivity index (χ2v) is 6.05. The molecule has 0 saturated heterocycles. The maximum Gasteiger partial charge on any atom is 0.261 e. The molecular weight excluding hydrogens is 281 g/mol. The molecule has 4 nitrogen and oxygen atoms in total. The van der Waals surface area contributed by atoms with E-state index in [9.17, 15) is 12.8 Å². The Morgan fingerprint density at radius 2 is 1.95 bits per heavy atom. The van der Waals surface area contributed by atoms with Crippen LogP contribution in [0.2, 0.25) is 0 Å². The number of anilines is 1. The van der Waals surface area contributed by atoms with Crippen molar-refractivity contribution in [3.63, 3.8) is 0 Å². The van der Waals surface area contributed by atoms with Crippen LogP contribution in [0.5, 0.6) is 0 Å². The summed E-state index contributed by atoms with van der Waals surface area (Å²) in [7, 11) is -3.76. The third-order valence-electron chi connectivity index (χ3n) is 2.82. The number of aryl methyl sites for hydroxylation is 1. The van der Waals surface area contributed by atoms with Gasteiger partial charge >= 0.3 is 0 Å². The summed E-state index contributed by atoms with van der Waals surface area (Å²) in [4.78, 5) is 0.0489. The normalized spacial score (nSPS) is 11.3. The molecule has 0 amide bonds. The summed E-state index contributed by atoms with van der Waals surface area (Å²) >= 11 is 0. The van der Waals surface area contributed by atoms with Gasteiger partial charge in [0, 0.05) is 0 Å². The highest BCUT2D eigenvalue weighted by Gasteiger charge is 2.15. The lowest BCUT2D eigenvalue weighted by Gasteiger charge is -2.11. The van der Waals surface area contributed by atoms with Crippen LogP contribution >= 0.6 is 0 Å². The molecule has 0 fully saturated rings. The van der Waals surface area contributed by atoms with Gasteiger partial charge in [-0.15, -0.1) is 0 Å². The van der Waals surface area contributed by atoms with Gasteiger partial charge in [0.2, 0.25) is 0 Å². The number of rotatable bonds is 4. The zero-order chi connectivity index (χ0) is 14.8. The van der Waals surface area contributed by atoms with Crippen LogP contribution in [0.3, 0.4) is 0 Å². The predicted octanol–water partition coefficient (Wildman–Crippen LogP) is 2.43. The number of sulfonamides is 1. The molecule has 20 heavy (non-hydrogen) atoms. The van der Waals surface area contributed by atoms with Crippen LogP contribution in [0.1, 0.15) is 11.1 Å². The molecule has 106 valence electrons. The van der Waals surface area contributed by atoms with Gasteiger partial charge in [-0.05, 0) is 48.4 Å². The van der Waals surface area contributed by atoms with E-state index < -0.39 is 15.8 Å². The zero-order valence-electron chi connectivity index (χ0n) is 10.8. The lowest BCUT2D eigenvalue weighted by Crippen LogP contribution is -2.14. The summed E-state index contributed by atoms with van der Waals surface area (Å²) in [6, 6.07) is 9.82. The number of nitrogens with one attached hydrogen (secondary N) is 1. The van der Waals surface area contributed by atoms with Crippen LogP contribution in [0.15, 0.2) is 47.4 Å². The summed E-state index contributed by atoms with van der Waals surface area (Å²) in [6.07, 6.45) is 0. The van der Waals surface area contributed by atoms with Crippen molar-refractivity contribution < 1.29 is 17.9 Å². The summed E-state index contributed by atoms with van der Waals surface area (Å²) in [6.45, 7) is 1.38. The Morgan fingerprint density at radius 1 is 1.20 bits per heavy atom. The molecule has 0 aromatic heterocycles. The van der Waals surface area contributed by atoms with Crippen molar-refractivity contribution in [3.05, 3.63) is 59.4 Å². The first-order chi connectivity index (χ1) is 9.42. The summed E-state index contributed by atoms with van der Waals surface area (Å²) in [5, 5.41) is 9.04. The smallest absolute Gasteiger partial charge is 0.261 e. The van der Waals surface area contributed by atoms with Gasteiger partial charge < -0.3 is 5.11 Å². The van der Waals surface area contributed by atoms with Crippen LogP contribution in [0.25, 0.3) is 0 Å². The monoisotopic (exact) mass is 295 g/mol. The standard InChI is InChI=1S/C14H14FNO3S/c1-10-7-12(15)5-6-14(10)16-20(18,19)13-4-2-3-11(8-13)9-17/h2-8,16-17H,9H2,1H3. The lowest BCUT2D eigenvalue weighted by molar-refractivity contribution is 0.281. The van der Waals surface area contributed by atoms with E-state index in [0.29, 0.717) is 16.8 Å². The summed E-state index contributed by atoms with van der Waals surface area (Å²) in [5.41, 5.74) is 1.32. The first kappa shape index (κ1) is 14.5. The van der Waals surface area contributed by atoms with E-state index in [4.69, 9.17) is 5.11 Å². The largest absolute Gasteiger partial charge is 0.392 e. The molecule has 0 aliphatic rings. The van der Waals surface area contributed by atoms with E-state index in [1.54, 1.807) is 19.1 Å². The number of halogens is 1. The Morgan fingerprint density at radius 3 is 2.60 bits per heavy atom. The highest BCUT2D eigenvalue weighted by Crippen LogP contribution is 2.21. The van der Waals surface area contributed by atoms with Gasteiger partial charge in [0.1, 0.15) is 5.82 Å². The van der Waals surface area contributed by atoms with Gasteiger partial charge in [-0.3, -0.25) is 4.72 Å². The number of aliphatic hydroxyl groups is 1. The Hall–Kier alpha value is -1.92. The fraction of sp³-hybridized carbons (Fsp3) is 0.143. The number of benzene rings is 2. The molecule has 2 aromatic rings. The molecule has 0 aliphatic heterocycles. The molecule has 0 heterocycles. The molecule has 0 atom stereocenters. The van der Waals surface area contributed by atoms with Crippen LogP contribution in [0.4, 0.5) is 10.1 Å². The highest BCUT2D eigenvalue weighted by molar-refractivity contribution is 7.92. The topological polar surface area (TPSA) is 66.4 Å². The minimum absolute atomic E-state index is 0.0489. The average molecular weight is 295 g/mol. The van der Waals surface area contributed by atoms with Gasteiger partial charge in [-0.1, -0.05) is 12.1 Å². The van der Waals surface area contributed by atoms with Gasteiger partial charge in [0.05, 0.1) is 17.2 Å². The Balaban J connectivity index is 2.35. The molecule has 2 rings (SSSR count). The van der Waals surface area contributed by atoms with E-state index in [0.717, 1.165) is 0 Å². The predicted molar refractivity (Wildman–Crippen MR) is 74.3 cm³/mol.